The summed E-state index contributed by atoms with van der Waals surface area (Å²) < 4.78 is 0. The maximum absolute atomic E-state index is 2.19. The molecule has 0 aliphatic heterocycles. The number of rotatable bonds is 0. The van der Waals surface area contributed by atoms with Gasteiger partial charge >= 0.3 is 23.1 Å². The summed E-state index contributed by atoms with van der Waals surface area (Å²) >= 11 is 0. The van der Waals surface area contributed by atoms with Gasteiger partial charge in [-0.15, -0.1) is 0 Å². The van der Waals surface area contributed by atoms with Crippen LogP contribution in [0.1, 0.15) is 30.5 Å². The van der Waals surface area contributed by atoms with Crippen molar-refractivity contribution < 1.29 is 2.85 Å². The molecule has 0 heterocycles. The molecule has 6 heavy (non-hydrogen) atoms. The molecule has 0 N–H and O–H groups in total. The maximum Gasteiger partial charge on any atom is 2.00 e. The van der Waals surface area contributed by atoms with Gasteiger partial charge in [-0.05, 0) is 5.41 Å². The first-order chi connectivity index (χ1) is 2.00. The molecule has 0 aliphatic rings. The molecule has 0 aromatic heterocycles. The number of hydrogen-bond acceptors (Lipinski definition) is 0. The minimum Gasteiger partial charge on any atom is -1.00 e. The Morgan fingerprint density at radius 2 is 1.00 bits per heavy atom. The van der Waals surface area contributed by atoms with Gasteiger partial charge in [0.25, 0.3) is 0 Å². The van der Waals surface area contributed by atoms with Gasteiger partial charge in [0.05, 0.1) is 0 Å². The van der Waals surface area contributed by atoms with Crippen LogP contribution < -0.4 is 0 Å². The fourth-order valence-corrected chi connectivity index (χ4v) is 0. The van der Waals surface area contributed by atoms with Crippen LogP contribution in [0.15, 0.2) is 0 Å². The van der Waals surface area contributed by atoms with Gasteiger partial charge in [-0.3, -0.25) is 0 Å². The van der Waals surface area contributed by atoms with E-state index in [0.29, 0.717) is 5.41 Å². The third-order valence-corrected chi connectivity index (χ3v) is 0. The summed E-state index contributed by atoms with van der Waals surface area (Å²) in [7, 11) is 0. The molecule has 0 saturated heterocycles. The van der Waals surface area contributed by atoms with Crippen LogP contribution in [-0.4, -0.2) is 23.1 Å². The Labute approximate surface area is 59.4 Å². The molecule has 0 bridgehead atoms. The Morgan fingerprint density at radius 3 is 1.00 bits per heavy atom. The van der Waals surface area contributed by atoms with E-state index in [1.165, 1.54) is 0 Å². The Bertz CT molecular complexity index is 25.9. The van der Waals surface area contributed by atoms with Gasteiger partial charge in [-0.2, -0.15) is 0 Å². The Balaban J connectivity index is -0.0000000267. The van der Waals surface area contributed by atoms with E-state index in [4.69, 9.17) is 0 Å². The van der Waals surface area contributed by atoms with Crippen molar-refractivity contribution in [1.82, 2.24) is 0 Å². The third-order valence-electron chi connectivity index (χ3n) is 0. The van der Waals surface area contributed by atoms with E-state index in [1.807, 2.05) is 0 Å². The van der Waals surface area contributed by atoms with Crippen molar-refractivity contribution in [2.45, 2.75) is 27.7 Å². The number of hydrogen-bond donors (Lipinski definition) is 0. The molecule has 0 atom stereocenters. The average molecular weight is 98.5 g/mol. The maximum atomic E-state index is 2.19. The van der Waals surface area contributed by atoms with Crippen molar-refractivity contribution >= 4 is 23.1 Å². The molecule has 36 valence electrons. The molecular formula is C5H14Mg. The predicted octanol–water partition coefficient (Wildman–Crippen LogP) is 1.90. The molecule has 0 aliphatic carbocycles. The standard InChI is InChI=1S/C5H12.Mg.2H/c1-5(2,3)4;;;/h1-4H3;;;/q;+2;2*-1. The second kappa shape index (κ2) is 2.86. The SMILES string of the molecule is CC(C)(C)C.[H-].[H-].[Mg+2]. The van der Waals surface area contributed by atoms with Gasteiger partial charge in [0.15, 0.2) is 0 Å². The second-order valence-electron chi connectivity index (χ2n) is 3.00. The van der Waals surface area contributed by atoms with E-state index in [2.05, 4.69) is 27.7 Å². The summed E-state index contributed by atoms with van der Waals surface area (Å²) in [6.07, 6.45) is 0. The zero-order valence-corrected chi connectivity index (χ0v) is 6.62. The Morgan fingerprint density at radius 1 is 1.00 bits per heavy atom. The van der Waals surface area contributed by atoms with Crippen LogP contribution in [0, 0.1) is 5.41 Å². The van der Waals surface area contributed by atoms with E-state index >= 15 is 0 Å². The first-order valence-electron chi connectivity index (χ1n) is 2.00. The summed E-state index contributed by atoms with van der Waals surface area (Å²) in [5.74, 6) is 0. The minimum atomic E-state index is 0. The first kappa shape index (κ1) is 9.90. The molecule has 0 nitrogen and oxygen atoms in total. The molecule has 0 aromatic rings. The predicted molar refractivity (Wildman–Crippen MR) is 33.1 cm³/mol. The van der Waals surface area contributed by atoms with Crippen LogP contribution >= 0.6 is 0 Å². The molecule has 0 radical (unpaired) electrons. The van der Waals surface area contributed by atoms with Gasteiger partial charge in [0, 0.05) is 0 Å². The van der Waals surface area contributed by atoms with Gasteiger partial charge in [0.2, 0.25) is 0 Å². The second-order valence-corrected chi connectivity index (χ2v) is 3.00. The summed E-state index contributed by atoms with van der Waals surface area (Å²) in [5.41, 5.74) is 0.500. The van der Waals surface area contributed by atoms with E-state index in [0.717, 1.165) is 0 Å². The zero-order chi connectivity index (χ0) is 4.50. The van der Waals surface area contributed by atoms with Crippen molar-refractivity contribution in [3.05, 3.63) is 0 Å². The molecule has 0 amide bonds. The van der Waals surface area contributed by atoms with E-state index in [-0.39, 0.29) is 25.9 Å². The molecule has 0 saturated carbocycles. The van der Waals surface area contributed by atoms with Crippen LogP contribution in [0.4, 0.5) is 0 Å². The molecule has 0 spiro atoms. The van der Waals surface area contributed by atoms with Crippen LogP contribution in [0.2, 0.25) is 0 Å². The minimum absolute atomic E-state index is 0. The van der Waals surface area contributed by atoms with Gasteiger partial charge < -0.3 is 2.85 Å². The van der Waals surface area contributed by atoms with Crippen molar-refractivity contribution in [2.24, 2.45) is 5.41 Å². The molecule has 0 rings (SSSR count). The van der Waals surface area contributed by atoms with Crippen molar-refractivity contribution in [3.8, 4) is 0 Å². The molecular weight excluding hydrogens is 84.4 g/mol. The summed E-state index contributed by atoms with van der Waals surface area (Å²) in [6, 6.07) is 0. The van der Waals surface area contributed by atoms with Crippen LogP contribution in [0.25, 0.3) is 0 Å². The molecule has 1 heteroatoms. The average Bonchev–Trinajstić information content (AvgIpc) is 0.722. The van der Waals surface area contributed by atoms with Gasteiger partial charge in [-0.25, -0.2) is 0 Å². The molecule has 0 fully saturated rings. The fourth-order valence-electron chi connectivity index (χ4n) is 0. The van der Waals surface area contributed by atoms with Crippen molar-refractivity contribution in [1.29, 1.82) is 0 Å². The summed E-state index contributed by atoms with van der Waals surface area (Å²) in [4.78, 5) is 0. The van der Waals surface area contributed by atoms with Crippen LogP contribution in [0.5, 0.6) is 0 Å². The third kappa shape index (κ3) is 115. The van der Waals surface area contributed by atoms with E-state index < -0.39 is 0 Å². The van der Waals surface area contributed by atoms with E-state index in [9.17, 15) is 0 Å². The van der Waals surface area contributed by atoms with Crippen molar-refractivity contribution in [2.75, 3.05) is 0 Å². The van der Waals surface area contributed by atoms with Crippen LogP contribution in [0.3, 0.4) is 0 Å². The summed E-state index contributed by atoms with van der Waals surface area (Å²) in [5, 5.41) is 0. The van der Waals surface area contributed by atoms with Crippen molar-refractivity contribution in [3.63, 3.8) is 0 Å². The molecule has 0 unspecified atom stereocenters. The first-order valence-corrected chi connectivity index (χ1v) is 2.00. The topological polar surface area (TPSA) is 0 Å². The quantitative estimate of drug-likeness (QED) is 0.406. The molecule has 0 aromatic carbocycles. The Kier molecular flexibility index (Phi) is 4.72. The summed E-state index contributed by atoms with van der Waals surface area (Å²) in [6.45, 7) is 8.75. The largest absolute Gasteiger partial charge is 2.00 e. The fraction of sp³-hybridized carbons (Fsp3) is 1.00. The zero-order valence-electron chi connectivity index (χ0n) is 7.21. The van der Waals surface area contributed by atoms with E-state index in [1.54, 1.807) is 0 Å². The Hall–Kier alpha value is 0.766. The monoisotopic (exact) mass is 98.1 g/mol. The van der Waals surface area contributed by atoms with Gasteiger partial charge in [0.1, 0.15) is 0 Å². The normalized spacial score (nSPS) is 10.0. The van der Waals surface area contributed by atoms with Gasteiger partial charge in [-0.1, -0.05) is 27.7 Å². The van der Waals surface area contributed by atoms with Crippen LogP contribution in [-0.2, 0) is 0 Å². The smallest absolute Gasteiger partial charge is 1.00 e.